The average Bonchev–Trinajstić information content (AvgIpc) is 3.29. The molecule has 6 nitrogen and oxygen atoms in total. The molecule has 0 unspecified atom stereocenters. The normalized spacial score (nSPS) is 13.8. The third-order valence-electron chi connectivity index (χ3n) is 5.45. The zero-order valence-electron chi connectivity index (χ0n) is 17.6. The number of carbonyl (C=O) groups is 2. The van der Waals surface area contributed by atoms with Crippen LogP contribution in [0.25, 0.3) is 11.3 Å². The standard InChI is InChI=1S/C24H23Cl2N3O3/c1-2-23(30)29-13-11-28(12-14-29)20-6-4-3-5-19(20)27-24(31)22-10-9-21(32-22)17-8-7-16(25)15-18(17)26/h3-10,15H,2,11-14H2,1H3,(H,27,31). The Morgan fingerprint density at radius 3 is 2.47 bits per heavy atom. The minimum absolute atomic E-state index is 0.167. The fourth-order valence-corrected chi connectivity index (χ4v) is 4.25. The number of piperazine rings is 1. The Hall–Kier alpha value is -2.96. The molecule has 1 fully saturated rings. The molecule has 2 amide bonds. The van der Waals surface area contributed by atoms with Crippen LogP contribution in [0.5, 0.6) is 0 Å². The number of nitrogens with one attached hydrogen (secondary N) is 1. The summed E-state index contributed by atoms with van der Waals surface area (Å²) in [5, 5.41) is 3.93. The summed E-state index contributed by atoms with van der Waals surface area (Å²) in [5.74, 6) is 0.482. The molecule has 4 rings (SSSR count). The van der Waals surface area contributed by atoms with Crippen molar-refractivity contribution in [2.24, 2.45) is 0 Å². The largest absolute Gasteiger partial charge is 0.451 e. The summed E-state index contributed by atoms with van der Waals surface area (Å²) in [6.45, 7) is 4.62. The Labute approximate surface area is 196 Å². The predicted molar refractivity (Wildman–Crippen MR) is 128 cm³/mol. The zero-order chi connectivity index (χ0) is 22.7. The van der Waals surface area contributed by atoms with Crippen molar-refractivity contribution in [3.05, 3.63) is 70.4 Å². The van der Waals surface area contributed by atoms with Crippen molar-refractivity contribution < 1.29 is 14.0 Å². The molecule has 1 aliphatic heterocycles. The van der Waals surface area contributed by atoms with Crippen LogP contribution in [0.2, 0.25) is 10.0 Å². The van der Waals surface area contributed by atoms with Crippen LogP contribution < -0.4 is 10.2 Å². The van der Waals surface area contributed by atoms with E-state index in [2.05, 4.69) is 10.2 Å². The molecule has 8 heteroatoms. The quantitative estimate of drug-likeness (QED) is 0.528. The van der Waals surface area contributed by atoms with E-state index in [1.807, 2.05) is 36.1 Å². The molecule has 166 valence electrons. The van der Waals surface area contributed by atoms with Crippen LogP contribution in [0.3, 0.4) is 0 Å². The van der Waals surface area contributed by atoms with Gasteiger partial charge in [-0.1, -0.05) is 42.3 Å². The molecule has 2 aromatic carbocycles. The van der Waals surface area contributed by atoms with Crippen molar-refractivity contribution in [3.63, 3.8) is 0 Å². The number of furan rings is 1. The number of carbonyl (C=O) groups excluding carboxylic acids is 2. The topological polar surface area (TPSA) is 65.8 Å². The van der Waals surface area contributed by atoms with E-state index in [0.717, 1.165) is 5.69 Å². The molecule has 0 spiro atoms. The van der Waals surface area contributed by atoms with Gasteiger partial charge in [-0.05, 0) is 42.5 Å². The van der Waals surface area contributed by atoms with Gasteiger partial charge >= 0.3 is 0 Å². The summed E-state index contributed by atoms with van der Waals surface area (Å²) in [6, 6.07) is 16.1. The lowest BCUT2D eigenvalue weighted by Crippen LogP contribution is -2.48. The molecule has 1 aromatic heterocycles. The number of hydrogen-bond donors (Lipinski definition) is 1. The van der Waals surface area contributed by atoms with E-state index in [1.165, 1.54) is 0 Å². The van der Waals surface area contributed by atoms with Gasteiger partial charge < -0.3 is 19.5 Å². The van der Waals surface area contributed by atoms with Gasteiger partial charge in [0.15, 0.2) is 5.76 Å². The van der Waals surface area contributed by atoms with E-state index in [9.17, 15) is 9.59 Å². The van der Waals surface area contributed by atoms with E-state index in [1.54, 1.807) is 30.3 Å². The lowest BCUT2D eigenvalue weighted by molar-refractivity contribution is -0.131. The van der Waals surface area contributed by atoms with Crippen LogP contribution in [0.4, 0.5) is 11.4 Å². The van der Waals surface area contributed by atoms with Crippen molar-refractivity contribution in [2.45, 2.75) is 13.3 Å². The molecule has 0 radical (unpaired) electrons. The van der Waals surface area contributed by atoms with Crippen molar-refractivity contribution >= 4 is 46.4 Å². The van der Waals surface area contributed by atoms with E-state index in [0.29, 0.717) is 59.7 Å². The summed E-state index contributed by atoms with van der Waals surface area (Å²) in [6.07, 6.45) is 0.513. The highest BCUT2D eigenvalue weighted by molar-refractivity contribution is 6.36. The van der Waals surface area contributed by atoms with Crippen molar-refractivity contribution in [1.82, 2.24) is 4.90 Å². The molecule has 3 aromatic rings. The van der Waals surface area contributed by atoms with E-state index in [-0.39, 0.29) is 17.6 Å². The van der Waals surface area contributed by atoms with Gasteiger partial charge in [-0.2, -0.15) is 0 Å². The number of rotatable bonds is 5. The molecule has 0 atom stereocenters. The fourth-order valence-electron chi connectivity index (χ4n) is 3.75. The number of nitrogens with zero attached hydrogens (tertiary/aromatic N) is 2. The molecule has 2 heterocycles. The molecular weight excluding hydrogens is 449 g/mol. The maximum absolute atomic E-state index is 12.9. The van der Waals surface area contributed by atoms with Crippen LogP contribution in [-0.4, -0.2) is 42.9 Å². The molecule has 32 heavy (non-hydrogen) atoms. The molecule has 1 N–H and O–H groups in total. The van der Waals surface area contributed by atoms with Gasteiger partial charge in [-0.25, -0.2) is 0 Å². The molecule has 0 aliphatic carbocycles. The Morgan fingerprint density at radius 2 is 1.75 bits per heavy atom. The van der Waals surface area contributed by atoms with Gasteiger partial charge in [-0.15, -0.1) is 0 Å². The van der Waals surface area contributed by atoms with Gasteiger partial charge in [0.25, 0.3) is 5.91 Å². The van der Waals surface area contributed by atoms with Crippen molar-refractivity contribution in [3.8, 4) is 11.3 Å². The van der Waals surface area contributed by atoms with E-state index < -0.39 is 0 Å². The maximum Gasteiger partial charge on any atom is 0.291 e. The number of anilines is 2. The van der Waals surface area contributed by atoms with Gasteiger partial charge in [0.05, 0.1) is 16.4 Å². The molecule has 1 saturated heterocycles. The molecular formula is C24H23Cl2N3O3. The van der Waals surface area contributed by atoms with E-state index in [4.69, 9.17) is 27.6 Å². The van der Waals surface area contributed by atoms with E-state index >= 15 is 0 Å². The fraction of sp³-hybridized carbons (Fsp3) is 0.250. The Balaban J connectivity index is 1.48. The van der Waals surface area contributed by atoms with Crippen LogP contribution in [-0.2, 0) is 4.79 Å². The number of amides is 2. The minimum Gasteiger partial charge on any atom is -0.451 e. The highest BCUT2D eigenvalue weighted by Gasteiger charge is 2.23. The SMILES string of the molecule is CCC(=O)N1CCN(c2ccccc2NC(=O)c2ccc(-c3ccc(Cl)cc3Cl)o2)CC1. The first-order chi connectivity index (χ1) is 15.5. The summed E-state index contributed by atoms with van der Waals surface area (Å²) in [7, 11) is 0. The van der Waals surface area contributed by atoms with Crippen molar-refractivity contribution in [2.75, 3.05) is 36.4 Å². The second-order valence-electron chi connectivity index (χ2n) is 7.48. The second-order valence-corrected chi connectivity index (χ2v) is 8.32. The predicted octanol–water partition coefficient (Wildman–Crippen LogP) is 5.56. The van der Waals surface area contributed by atoms with Gasteiger partial charge in [0.1, 0.15) is 5.76 Å². The first-order valence-electron chi connectivity index (χ1n) is 10.4. The van der Waals surface area contributed by atoms with Gasteiger partial charge in [0.2, 0.25) is 5.91 Å². The first kappa shape index (κ1) is 22.2. The lowest BCUT2D eigenvalue weighted by atomic mass is 10.2. The second kappa shape index (κ2) is 9.67. The first-order valence-corrected chi connectivity index (χ1v) is 11.2. The highest BCUT2D eigenvalue weighted by atomic mass is 35.5. The summed E-state index contributed by atoms with van der Waals surface area (Å²) < 4.78 is 5.77. The Morgan fingerprint density at radius 1 is 1.00 bits per heavy atom. The van der Waals surface area contributed by atoms with Crippen LogP contribution in [0.15, 0.2) is 59.0 Å². The Kier molecular flexibility index (Phi) is 6.72. The minimum atomic E-state index is -0.353. The lowest BCUT2D eigenvalue weighted by Gasteiger charge is -2.36. The third kappa shape index (κ3) is 4.76. The Bertz CT molecular complexity index is 1140. The highest BCUT2D eigenvalue weighted by Crippen LogP contribution is 2.32. The molecule has 0 bridgehead atoms. The number of hydrogen-bond acceptors (Lipinski definition) is 4. The summed E-state index contributed by atoms with van der Waals surface area (Å²) in [4.78, 5) is 28.9. The van der Waals surface area contributed by atoms with Crippen LogP contribution >= 0.6 is 23.2 Å². The van der Waals surface area contributed by atoms with Gasteiger partial charge in [-0.3, -0.25) is 9.59 Å². The summed E-state index contributed by atoms with van der Waals surface area (Å²) >= 11 is 12.2. The molecule has 1 aliphatic rings. The van der Waals surface area contributed by atoms with Crippen LogP contribution in [0, 0.1) is 0 Å². The number of para-hydroxylation sites is 2. The molecule has 0 saturated carbocycles. The average molecular weight is 472 g/mol. The maximum atomic E-state index is 12.9. The smallest absolute Gasteiger partial charge is 0.291 e. The third-order valence-corrected chi connectivity index (χ3v) is 6.00. The zero-order valence-corrected chi connectivity index (χ0v) is 19.1. The summed E-state index contributed by atoms with van der Waals surface area (Å²) in [5.41, 5.74) is 2.27. The number of halogens is 2. The van der Waals surface area contributed by atoms with Gasteiger partial charge in [0, 0.05) is 43.2 Å². The van der Waals surface area contributed by atoms with Crippen LogP contribution in [0.1, 0.15) is 23.9 Å². The number of benzene rings is 2. The monoisotopic (exact) mass is 471 g/mol. The van der Waals surface area contributed by atoms with Crippen molar-refractivity contribution in [1.29, 1.82) is 0 Å².